The minimum Gasteiger partial charge on any atom is -0.267 e. The molecular weight excluding hydrogens is 615 g/mol. The molecule has 1 aliphatic heterocycles. The molecule has 0 saturated heterocycles. The summed E-state index contributed by atoms with van der Waals surface area (Å²) in [6.07, 6.45) is -9.08. The zero-order chi connectivity index (χ0) is 28.6. The number of hydrazine groups is 1. The molecule has 2 atom stereocenters. The average Bonchev–Trinajstić information content (AvgIpc) is 2.95. The second-order valence-electron chi connectivity index (χ2n) is 8.70. The Morgan fingerprint density at radius 2 is 1.79 bits per heavy atom. The fourth-order valence-corrected chi connectivity index (χ4v) is 5.21. The predicted molar refractivity (Wildman–Crippen MR) is 129 cm³/mol. The molecule has 3 rings (SSSR count). The molecule has 2 unspecified atom stereocenters. The molecule has 0 aliphatic carbocycles. The Balaban J connectivity index is 1.88. The zero-order valence-electron chi connectivity index (χ0n) is 19.7. The number of alkyl halides is 8. The molecule has 2 aromatic carbocycles. The lowest BCUT2D eigenvalue weighted by Gasteiger charge is -2.28. The van der Waals surface area contributed by atoms with E-state index in [1.807, 2.05) is 0 Å². The molecular formula is C24H20BrF9N2OS. The van der Waals surface area contributed by atoms with Gasteiger partial charge >= 0.3 is 18.4 Å². The molecule has 0 radical (unpaired) electrons. The highest BCUT2D eigenvalue weighted by Crippen LogP contribution is 2.43. The maximum atomic E-state index is 15.1. The summed E-state index contributed by atoms with van der Waals surface area (Å²) in [7, 11) is 0. The Kier molecular flexibility index (Phi) is 8.89. The largest absolute Gasteiger partial charge is 0.399 e. The van der Waals surface area contributed by atoms with Crippen molar-refractivity contribution in [2.24, 2.45) is 0 Å². The van der Waals surface area contributed by atoms with Crippen LogP contribution in [0.15, 0.2) is 46.9 Å². The number of amides is 1. The maximum Gasteiger partial charge on any atom is 0.399 e. The highest BCUT2D eigenvalue weighted by molar-refractivity contribution is 9.10. The van der Waals surface area contributed by atoms with Crippen molar-refractivity contribution in [3.05, 3.63) is 74.8 Å². The van der Waals surface area contributed by atoms with Crippen LogP contribution in [0.25, 0.3) is 5.83 Å². The molecule has 2 aromatic rings. The van der Waals surface area contributed by atoms with Crippen LogP contribution in [0.1, 0.15) is 45.5 Å². The van der Waals surface area contributed by atoms with Crippen LogP contribution in [0.2, 0.25) is 0 Å². The summed E-state index contributed by atoms with van der Waals surface area (Å²) in [5.41, 5.74) is 0.299. The fraction of sp³-hybridized carbons (Fsp3) is 0.375. The molecule has 3 nitrogen and oxygen atoms in total. The second kappa shape index (κ2) is 11.1. The third kappa shape index (κ3) is 7.06. The number of carbonyl (C=O) groups is 1. The molecule has 0 fully saturated rings. The first kappa shape index (κ1) is 30.4. The highest BCUT2D eigenvalue weighted by Gasteiger charge is 2.52. The number of hydrogen-bond donors (Lipinski definition) is 1. The van der Waals surface area contributed by atoms with E-state index < -0.39 is 64.5 Å². The van der Waals surface area contributed by atoms with Crippen LogP contribution in [-0.2, 0) is 6.05 Å². The van der Waals surface area contributed by atoms with Crippen molar-refractivity contribution in [2.45, 2.75) is 44.2 Å². The van der Waals surface area contributed by atoms with E-state index in [-0.39, 0.29) is 22.4 Å². The summed E-state index contributed by atoms with van der Waals surface area (Å²) in [5.74, 6) is -6.50. The smallest absolute Gasteiger partial charge is 0.267 e. The lowest BCUT2D eigenvalue weighted by Crippen LogP contribution is -2.51. The van der Waals surface area contributed by atoms with Gasteiger partial charge in [-0.3, -0.25) is 4.79 Å². The van der Waals surface area contributed by atoms with E-state index in [9.17, 15) is 31.1 Å². The van der Waals surface area contributed by atoms with Gasteiger partial charge in [-0.15, -0.1) is 0 Å². The Labute approximate surface area is 224 Å². The van der Waals surface area contributed by atoms with Gasteiger partial charge in [0.05, 0.1) is 16.9 Å². The van der Waals surface area contributed by atoms with E-state index in [0.717, 1.165) is 12.1 Å². The normalized spacial score (nSPS) is 17.5. The van der Waals surface area contributed by atoms with E-state index in [1.165, 1.54) is 19.1 Å². The Morgan fingerprint density at radius 3 is 2.37 bits per heavy atom. The van der Waals surface area contributed by atoms with Crippen LogP contribution >= 0.6 is 27.7 Å². The van der Waals surface area contributed by atoms with Crippen molar-refractivity contribution in [2.75, 3.05) is 11.5 Å². The Bertz CT molecular complexity index is 1210. The quantitative estimate of drug-likeness (QED) is 0.235. The van der Waals surface area contributed by atoms with Gasteiger partial charge in [-0.05, 0) is 55.3 Å². The average molecular weight is 635 g/mol. The number of allylic oxidation sites excluding steroid dienone is 1. The molecule has 208 valence electrons. The fourth-order valence-electron chi connectivity index (χ4n) is 3.81. The van der Waals surface area contributed by atoms with Crippen LogP contribution in [0.5, 0.6) is 0 Å². The summed E-state index contributed by atoms with van der Waals surface area (Å²) in [5, 5.41) is -0.0648. The van der Waals surface area contributed by atoms with E-state index in [1.54, 1.807) is 13.0 Å². The summed E-state index contributed by atoms with van der Waals surface area (Å²) < 4.78 is 124. The zero-order valence-corrected chi connectivity index (χ0v) is 22.1. The van der Waals surface area contributed by atoms with Crippen molar-refractivity contribution in [3.8, 4) is 0 Å². The third-order valence-electron chi connectivity index (χ3n) is 5.41. The van der Waals surface area contributed by atoms with E-state index >= 15 is 13.2 Å². The summed E-state index contributed by atoms with van der Waals surface area (Å²) >= 11 is 3.53. The summed E-state index contributed by atoms with van der Waals surface area (Å²) in [4.78, 5) is 12.6. The van der Waals surface area contributed by atoms with Gasteiger partial charge in [0.25, 0.3) is 5.91 Å². The summed E-state index contributed by atoms with van der Waals surface area (Å²) in [6, 6.07) is 1.28. The number of benzene rings is 2. The number of carbonyl (C=O) groups excluding carboxylic acids is 1. The molecule has 1 N–H and O–H groups in total. The molecule has 38 heavy (non-hydrogen) atoms. The SMILES string of the molecule is Cc1cc(Br)cc(C(/C=C(\F)c2ccc3c(c2)C(F)(F)N(NC(C)CSCC(F)(F)F)C3=O)C(F)(F)F)c1. The monoisotopic (exact) mass is 634 g/mol. The van der Waals surface area contributed by atoms with Gasteiger partial charge in [-0.1, -0.05) is 28.1 Å². The number of aryl methyl sites for hydroxylation is 1. The van der Waals surface area contributed by atoms with Crippen LogP contribution in [0.4, 0.5) is 39.5 Å². The standard InChI is InChI=1S/C24H20BrF9N2OS/c1-12-5-15(7-16(25)6-12)18(23(30,31)32)9-20(26)14-3-4-17-19(8-14)24(33,34)36(21(17)37)35-13(2)10-38-11-22(27,28)29/h3-9,13,18,35H,10-11H2,1-2H3/b20-9-. The van der Waals surface area contributed by atoms with Crippen molar-refractivity contribution in [1.29, 1.82) is 0 Å². The Hall–Kier alpha value is -2.19. The van der Waals surface area contributed by atoms with Crippen molar-refractivity contribution in [1.82, 2.24) is 10.4 Å². The number of thioether (sulfide) groups is 1. The van der Waals surface area contributed by atoms with E-state index in [2.05, 4.69) is 21.4 Å². The lowest BCUT2D eigenvalue weighted by molar-refractivity contribution is -0.147. The molecule has 0 aromatic heterocycles. The minimum absolute atomic E-state index is 0.0648. The van der Waals surface area contributed by atoms with Gasteiger partial charge < -0.3 is 0 Å². The number of hydrogen-bond acceptors (Lipinski definition) is 3. The van der Waals surface area contributed by atoms with E-state index in [4.69, 9.17) is 0 Å². The van der Waals surface area contributed by atoms with Crippen LogP contribution in [0.3, 0.4) is 0 Å². The van der Waals surface area contributed by atoms with Crippen LogP contribution < -0.4 is 5.43 Å². The van der Waals surface area contributed by atoms with Crippen LogP contribution in [0, 0.1) is 6.92 Å². The number of nitrogens with zero attached hydrogens (tertiary/aromatic N) is 1. The first-order valence-corrected chi connectivity index (χ1v) is 12.8. The number of fused-ring (bicyclic) bond motifs is 1. The predicted octanol–water partition coefficient (Wildman–Crippen LogP) is 8.11. The molecule has 14 heteroatoms. The van der Waals surface area contributed by atoms with Crippen LogP contribution in [-0.4, -0.2) is 40.8 Å². The number of nitrogens with one attached hydrogen (secondary N) is 1. The summed E-state index contributed by atoms with van der Waals surface area (Å²) in [6.45, 7) is 2.85. The minimum atomic E-state index is -4.90. The lowest BCUT2D eigenvalue weighted by atomic mass is 9.94. The number of rotatable bonds is 8. The van der Waals surface area contributed by atoms with E-state index in [0.29, 0.717) is 27.9 Å². The molecule has 1 amide bonds. The third-order valence-corrected chi connectivity index (χ3v) is 7.13. The topological polar surface area (TPSA) is 32.3 Å². The van der Waals surface area contributed by atoms with Gasteiger partial charge in [0.2, 0.25) is 0 Å². The maximum absolute atomic E-state index is 15.1. The van der Waals surface area contributed by atoms with Crippen molar-refractivity contribution in [3.63, 3.8) is 0 Å². The molecule has 1 heterocycles. The first-order valence-electron chi connectivity index (χ1n) is 10.9. The first-order chi connectivity index (χ1) is 17.4. The van der Waals surface area contributed by atoms with Gasteiger partial charge in [0.15, 0.2) is 0 Å². The molecule has 0 spiro atoms. The van der Waals surface area contributed by atoms with Gasteiger partial charge in [0, 0.05) is 21.8 Å². The number of halogens is 10. The highest BCUT2D eigenvalue weighted by atomic mass is 79.9. The molecule has 1 aliphatic rings. The van der Waals surface area contributed by atoms with Crippen molar-refractivity contribution < 1.29 is 44.3 Å². The Morgan fingerprint density at radius 1 is 1.13 bits per heavy atom. The molecule has 0 bridgehead atoms. The van der Waals surface area contributed by atoms with Gasteiger partial charge in [-0.2, -0.15) is 46.9 Å². The van der Waals surface area contributed by atoms with Gasteiger partial charge in [0.1, 0.15) is 11.7 Å². The molecule has 0 saturated carbocycles. The second-order valence-corrected chi connectivity index (χ2v) is 10.6. The van der Waals surface area contributed by atoms with Gasteiger partial charge in [-0.25, -0.2) is 14.8 Å². The van der Waals surface area contributed by atoms with Crippen molar-refractivity contribution >= 4 is 39.4 Å².